The SMILES string of the molecule is CC(C)(C)OC(=O)N1CCN(Cc2ccc(B3OC(C)(C)C(C)(C)O3)cc2F)CC1.Cc1cccc(-c2ccc(CN3CCN(C(=O)OC(C)(C)C)CC3)c(F)c2)n1.Cc1cccc(Br)n1. The molecule has 0 unspecified atom stereocenters. The molecule has 2 aromatic carbocycles. The number of ether oxygens (including phenoxy) is 2. The van der Waals surface area contributed by atoms with Crippen molar-refractivity contribution in [2.24, 2.45) is 0 Å². The molecule has 2 amide bonds. The van der Waals surface area contributed by atoms with Crippen LogP contribution in [0.4, 0.5) is 18.4 Å². The Hall–Kier alpha value is -4.48. The van der Waals surface area contributed by atoms with E-state index in [2.05, 4.69) is 35.7 Å². The highest BCUT2D eigenvalue weighted by molar-refractivity contribution is 9.10. The van der Waals surface area contributed by atoms with Crippen molar-refractivity contribution in [1.82, 2.24) is 29.6 Å². The van der Waals surface area contributed by atoms with Crippen molar-refractivity contribution in [3.63, 3.8) is 0 Å². The second-order valence-electron chi connectivity index (χ2n) is 20.0. The van der Waals surface area contributed by atoms with Crippen molar-refractivity contribution < 1.29 is 37.2 Å². The van der Waals surface area contributed by atoms with E-state index in [9.17, 15) is 18.4 Å². The highest BCUT2D eigenvalue weighted by Crippen LogP contribution is 2.36. The van der Waals surface area contributed by atoms with E-state index < -0.39 is 29.5 Å². The lowest BCUT2D eigenvalue weighted by atomic mass is 9.78. The second kappa shape index (κ2) is 22.1. The van der Waals surface area contributed by atoms with E-state index in [1.165, 1.54) is 6.07 Å². The fourth-order valence-electron chi connectivity index (χ4n) is 7.18. The quantitative estimate of drug-likeness (QED) is 0.137. The Kier molecular flexibility index (Phi) is 17.6. The maximum atomic E-state index is 14.8. The first kappa shape index (κ1) is 52.5. The van der Waals surface area contributed by atoms with Crippen LogP contribution in [0, 0.1) is 25.5 Å². The molecule has 2 aromatic heterocycles. The van der Waals surface area contributed by atoms with Gasteiger partial charge in [-0.15, -0.1) is 0 Å². The van der Waals surface area contributed by atoms with Gasteiger partial charge >= 0.3 is 19.3 Å². The van der Waals surface area contributed by atoms with E-state index >= 15 is 0 Å². The Morgan fingerprint density at radius 3 is 1.48 bits per heavy atom. The van der Waals surface area contributed by atoms with Gasteiger partial charge in [-0.1, -0.05) is 36.4 Å². The number of hydrogen-bond acceptors (Lipinski definition) is 10. The Bertz CT molecular complexity index is 2240. The average molecular weight is 978 g/mol. The number of carbonyl (C=O) groups excluding carboxylic acids is 2. The zero-order valence-corrected chi connectivity index (χ0v) is 42.4. The lowest BCUT2D eigenvalue weighted by Crippen LogP contribution is -2.49. The van der Waals surface area contributed by atoms with Crippen LogP contribution in [0.15, 0.2) is 77.4 Å². The number of halogens is 3. The number of nitrogens with zero attached hydrogens (tertiary/aromatic N) is 6. The van der Waals surface area contributed by atoms with Crippen LogP contribution in [-0.2, 0) is 31.9 Å². The van der Waals surface area contributed by atoms with Gasteiger partial charge in [-0.05, 0) is 141 Å². The summed E-state index contributed by atoms with van der Waals surface area (Å²) in [7, 11) is -0.573. The molecular formula is C50H68BBrF2N6O6. The predicted octanol–water partition coefficient (Wildman–Crippen LogP) is 9.58. The van der Waals surface area contributed by atoms with Crippen LogP contribution in [-0.4, -0.2) is 124 Å². The van der Waals surface area contributed by atoms with Gasteiger partial charge in [0.05, 0.1) is 16.9 Å². The number of aryl methyl sites for hydroxylation is 2. The van der Waals surface area contributed by atoms with Crippen molar-refractivity contribution in [1.29, 1.82) is 0 Å². The van der Waals surface area contributed by atoms with Crippen molar-refractivity contribution in [3.8, 4) is 11.3 Å². The van der Waals surface area contributed by atoms with Crippen LogP contribution in [0.25, 0.3) is 11.3 Å². The Morgan fingerprint density at radius 1 is 0.652 bits per heavy atom. The number of rotatable bonds is 6. The van der Waals surface area contributed by atoms with E-state index in [0.717, 1.165) is 27.2 Å². The molecule has 0 spiro atoms. The van der Waals surface area contributed by atoms with Gasteiger partial charge in [0.1, 0.15) is 27.4 Å². The molecule has 3 fully saturated rings. The Balaban J connectivity index is 0.000000212. The third-order valence-electron chi connectivity index (χ3n) is 11.5. The van der Waals surface area contributed by atoms with Crippen molar-refractivity contribution in [3.05, 3.63) is 112 Å². The van der Waals surface area contributed by atoms with Gasteiger partial charge in [-0.2, -0.15) is 0 Å². The summed E-state index contributed by atoms with van der Waals surface area (Å²) in [5.74, 6) is -0.493. The van der Waals surface area contributed by atoms with Gasteiger partial charge in [0.2, 0.25) is 0 Å². The first-order valence-corrected chi connectivity index (χ1v) is 23.4. The molecule has 7 rings (SSSR count). The van der Waals surface area contributed by atoms with Gasteiger partial charge in [-0.25, -0.2) is 23.4 Å². The van der Waals surface area contributed by atoms with Crippen LogP contribution in [0.2, 0.25) is 0 Å². The first-order valence-electron chi connectivity index (χ1n) is 22.6. The number of benzene rings is 2. The summed E-state index contributed by atoms with van der Waals surface area (Å²) in [5, 5.41) is 0. The molecule has 66 heavy (non-hydrogen) atoms. The minimum Gasteiger partial charge on any atom is -0.444 e. The van der Waals surface area contributed by atoms with Gasteiger partial charge < -0.3 is 28.6 Å². The van der Waals surface area contributed by atoms with E-state index in [-0.39, 0.29) is 23.8 Å². The number of hydrogen-bond donors (Lipinski definition) is 0. The molecule has 0 N–H and O–H groups in total. The van der Waals surface area contributed by atoms with Crippen LogP contribution >= 0.6 is 15.9 Å². The van der Waals surface area contributed by atoms with E-state index in [1.54, 1.807) is 21.9 Å². The molecule has 0 atom stereocenters. The van der Waals surface area contributed by atoms with Crippen molar-refractivity contribution in [2.75, 3.05) is 52.4 Å². The molecule has 0 bridgehead atoms. The van der Waals surface area contributed by atoms with Crippen LogP contribution in [0.1, 0.15) is 91.8 Å². The molecular weight excluding hydrogens is 909 g/mol. The summed E-state index contributed by atoms with van der Waals surface area (Å²) in [4.78, 5) is 40.6. The topological polar surface area (TPSA) is 110 Å². The molecule has 358 valence electrons. The largest absolute Gasteiger partial charge is 0.494 e. The molecule has 0 saturated carbocycles. The average Bonchev–Trinajstić information content (AvgIpc) is 3.44. The molecule has 16 heteroatoms. The van der Waals surface area contributed by atoms with E-state index in [4.69, 9.17) is 18.8 Å². The summed E-state index contributed by atoms with van der Waals surface area (Å²) >= 11 is 3.25. The molecule has 12 nitrogen and oxygen atoms in total. The summed E-state index contributed by atoms with van der Waals surface area (Å²) in [6.45, 7) is 29.0. The fourth-order valence-corrected chi connectivity index (χ4v) is 7.61. The van der Waals surface area contributed by atoms with Crippen LogP contribution in [0.5, 0.6) is 0 Å². The zero-order chi connectivity index (χ0) is 48.6. The van der Waals surface area contributed by atoms with Crippen molar-refractivity contribution >= 4 is 40.7 Å². The third kappa shape index (κ3) is 15.5. The number of aromatic nitrogens is 2. The van der Waals surface area contributed by atoms with E-state index in [0.29, 0.717) is 82.0 Å². The zero-order valence-electron chi connectivity index (χ0n) is 40.8. The molecule has 5 heterocycles. The van der Waals surface area contributed by atoms with Crippen LogP contribution < -0.4 is 5.46 Å². The summed E-state index contributed by atoms with van der Waals surface area (Å²) in [6, 6.07) is 22.0. The maximum absolute atomic E-state index is 14.8. The fraction of sp³-hybridized carbons (Fsp3) is 0.520. The minimum absolute atomic E-state index is 0.227. The monoisotopic (exact) mass is 976 g/mol. The smallest absolute Gasteiger partial charge is 0.444 e. The molecule has 3 aliphatic rings. The first-order chi connectivity index (χ1) is 30.8. The number of carbonyl (C=O) groups is 2. The van der Waals surface area contributed by atoms with Gasteiger partial charge in [0.15, 0.2) is 0 Å². The van der Waals surface area contributed by atoms with E-state index in [1.807, 2.05) is 138 Å². The highest BCUT2D eigenvalue weighted by atomic mass is 79.9. The second-order valence-corrected chi connectivity index (χ2v) is 20.8. The molecule has 3 aliphatic heterocycles. The van der Waals surface area contributed by atoms with Crippen LogP contribution in [0.3, 0.4) is 0 Å². The maximum Gasteiger partial charge on any atom is 0.494 e. The number of pyridine rings is 2. The molecule has 3 saturated heterocycles. The molecule has 0 aliphatic carbocycles. The Morgan fingerprint density at radius 2 is 1.09 bits per heavy atom. The minimum atomic E-state index is -0.573. The lowest BCUT2D eigenvalue weighted by molar-refractivity contribution is 0.00578. The lowest BCUT2D eigenvalue weighted by Gasteiger charge is -2.35. The highest BCUT2D eigenvalue weighted by Gasteiger charge is 2.51. The Labute approximate surface area is 399 Å². The third-order valence-corrected chi connectivity index (χ3v) is 12.0. The summed E-state index contributed by atoms with van der Waals surface area (Å²) in [5.41, 5.74) is 3.55. The predicted molar refractivity (Wildman–Crippen MR) is 259 cm³/mol. The number of amides is 2. The molecule has 0 radical (unpaired) electrons. The number of piperazine rings is 2. The van der Waals surface area contributed by atoms with Gasteiger partial charge in [0.25, 0.3) is 0 Å². The molecule has 4 aromatic rings. The van der Waals surface area contributed by atoms with Gasteiger partial charge in [-0.3, -0.25) is 14.8 Å². The standard InChI is InChI=1S/C22H34BFN2O4.C22H28FN3O2.C6H6BrN/c1-20(2,3)28-19(27)26-12-10-25(11-13-26)15-16-8-9-17(14-18(16)24)23-29-21(4,5)22(6,7)30-23;1-16-6-5-7-20(24-16)17-8-9-18(19(23)14-17)15-25-10-12-26(13-11-25)21(27)28-22(2,3)4;1-5-3-2-4-6(7)8-5/h8-9,14H,10-13,15H2,1-7H3;5-9,14H,10-13,15H2,1-4H3;2-4H,1H3. The van der Waals surface area contributed by atoms with Gasteiger partial charge in [0, 0.05) is 93.5 Å². The summed E-state index contributed by atoms with van der Waals surface area (Å²) in [6.07, 6.45) is -0.576. The normalized spacial score (nSPS) is 17.6. The van der Waals surface area contributed by atoms with Crippen molar-refractivity contribution in [2.45, 2.75) is 119 Å². The summed E-state index contributed by atoms with van der Waals surface area (Å²) < 4.78 is 53.2.